The van der Waals surface area contributed by atoms with Crippen LogP contribution in [0.5, 0.6) is 5.75 Å². The van der Waals surface area contributed by atoms with Crippen LogP contribution in [0.25, 0.3) is 0 Å². The molecule has 0 radical (unpaired) electrons. The zero-order valence-electron chi connectivity index (χ0n) is 23.2. The number of rotatable bonds is 12. The Kier molecular flexibility index (Phi) is 10.0. The molecule has 4 rings (SSSR count). The van der Waals surface area contributed by atoms with E-state index in [-0.39, 0.29) is 30.4 Å². The van der Waals surface area contributed by atoms with Gasteiger partial charge in [0.15, 0.2) is 0 Å². The molecule has 0 bridgehead atoms. The third-order valence-electron chi connectivity index (χ3n) is 7.18. The monoisotopic (exact) mass is 596 g/mol. The molecule has 1 amide bonds. The molecule has 1 saturated heterocycles. The smallest absolute Gasteiger partial charge is 0.326 e. The van der Waals surface area contributed by atoms with E-state index in [0.29, 0.717) is 11.1 Å². The van der Waals surface area contributed by atoms with Gasteiger partial charge in [0, 0.05) is 43.3 Å². The van der Waals surface area contributed by atoms with Gasteiger partial charge in [0.1, 0.15) is 11.8 Å². The van der Waals surface area contributed by atoms with Gasteiger partial charge in [-0.3, -0.25) is 9.52 Å². The third kappa shape index (κ3) is 8.68. The first-order valence-corrected chi connectivity index (χ1v) is 15.5. The van der Waals surface area contributed by atoms with Gasteiger partial charge in [-0.2, -0.15) is 0 Å². The number of piperidine rings is 1. The molecule has 0 spiro atoms. The molecule has 1 aliphatic heterocycles. The standard InChI is InChI=1S/C30H36N4O7S/c1-42(40,41)33-25-18-22(9-12-27(25)35)28(36)19-31-23-13-15-34(16-14-23)24-10-7-21(8-11-24)29(37)32-26(30(38)39)17-20-5-3-2-4-6-20/h2-12,18,23,26,28,31,33,35-36H,13-17,19H2,1H3,(H,32,37)(H,38,39)/t26-,28-/m0/s1. The second-order valence-corrected chi connectivity index (χ2v) is 12.2. The van der Waals surface area contributed by atoms with E-state index in [1.807, 2.05) is 42.5 Å². The average Bonchev–Trinajstić information content (AvgIpc) is 2.97. The number of phenolic OH excluding ortho intramolecular Hbond substituents is 1. The van der Waals surface area contributed by atoms with E-state index in [9.17, 15) is 33.3 Å². The lowest BCUT2D eigenvalue weighted by Gasteiger charge is -2.34. The van der Waals surface area contributed by atoms with Crippen LogP contribution in [0.1, 0.15) is 40.4 Å². The second kappa shape index (κ2) is 13.7. The summed E-state index contributed by atoms with van der Waals surface area (Å²) >= 11 is 0. The highest BCUT2D eigenvalue weighted by Crippen LogP contribution is 2.28. The number of anilines is 2. The van der Waals surface area contributed by atoms with Gasteiger partial charge >= 0.3 is 5.97 Å². The van der Waals surface area contributed by atoms with Crippen LogP contribution in [-0.2, 0) is 21.2 Å². The summed E-state index contributed by atoms with van der Waals surface area (Å²) in [7, 11) is -3.58. The van der Waals surface area contributed by atoms with Crippen molar-refractivity contribution in [3.8, 4) is 5.75 Å². The summed E-state index contributed by atoms with van der Waals surface area (Å²) in [6, 6.07) is 19.7. The first kappa shape index (κ1) is 30.8. The van der Waals surface area contributed by atoms with Crippen LogP contribution >= 0.6 is 0 Å². The first-order valence-electron chi connectivity index (χ1n) is 13.6. The second-order valence-electron chi connectivity index (χ2n) is 10.4. The highest BCUT2D eigenvalue weighted by Gasteiger charge is 2.23. The van der Waals surface area contributed by atoms with Crippen LogP contribution in [0.15, 0.2) is 72.8 Å². The Labute approximate surface area is 245 Å². The molecule has 1 heterocycles. The molecule has 42 heavy (non-hydrogen) atoms. The normalized spacial score (nSPS) is 15.5. The van der Waals surface area contributed by atoms with Crippen LogP contribution < -0.4 is 20.3 Å². The van der Waals surface area contributed by atoms with Gasteiger partial charge in [-0.05, 0) is 60.4 Å². The van der Waals surface area contributed by atoms with Gasteiger partial charge < -0.3 is 30.9 Å². The highest BCUT2D eigenvalue weighted by atomic mass is 32.2. The molecule has 0 aliphatic carbocycles. The summed E-state index contributed by atoms with van der Waals surface area (Å²) in [5.74, 6) is -1.76. The number of carboxylic acids is 1. The Hall–Kier alpha value is -4.13. The van der Waals surface area contributed by atoms with Gasteiger partial charge in [-0.1, -0.05) is 36.4 Å². The number of carbonyl (C=O) groups excluding carboxylic acids is 1. The van der Waals surface area contributed by atoms with Gasteiger partial charge in [0.25, 0.3) is 5.91 Å². The fourth-order valence-corrected chi connectivity index (χ4v) is 5.46. The fraction of sp³-hybridized carbons (Fsp3) is 0.333. The average molecular weight is 597 g/mol. The molecule has 3 aromatic rings. The van der Waals surface area contributed by atoms with E-state index in [4.69, 9.17) is 0 Å². The van der Waals surface area contributed by atoms with Crippen molar-refractivity contribution < 1.29 is 33.3 Å². The first-order chi connectivity index (χ1) is 20.0. The lowest BCUT2D eigenvalue weighted by Crippen LogP contribution is -2.43. The lowest BCUT2D eigenvalue weighted by molar-refractivity contribution is -0.139. The van der Waals surface area contributed by atoms with E-state index in [1.165, 1.54) is 12.1 Å². The van der Waals surface area contributed by atoms with Crippen LogP contribution in [0.4, 0.5) is 11.4 Å². The van der Waals surface area contributed by atoms with Crippen LogP contribution in [-0.4, -0.2) is 73.6 Å². The molecule has 11 nitrogen and oxygen atoms in total. The Morgan fingerprint density at radius 3 is 2.29 bits per heavy atom. The molecule has 1 aliphatic rings. The SMILES string of the molecule is CS(=O)(=O)Nc1cc([C@@H](O)CNC2CCN(c3ccc(C(=O)N[C@@H](Cc4ccccc4)C(=O)O)cc3)CC2)ccc1O. The number of hydrogen-bond donors (Lipinski definition) is 6. The Balaban J connectivity index is 1.25. The minimum Gasteiger partial charge on any atom is -0.506 e. The quantitative estimate of drug-likeness (QED) is 0.172. The lowest BCUT2D eigenvalue weighted by atomic mass is 10.0. The molecule has 224 valence electrons. The maximum Gasteiger partial charge on any atom is 0.326 e. The topological polar surface area (TPSA) is 168 Å². The summed E-state index contributed by atoms with van der Waals surface area (Å²) in [4.78, 5) is 26.7. The highest BCUT2D eigenvalue weighted by molar-refractivity contribution is 7.92. The number of sulfonamides is 1. The number of aliphatic hydroxyl groups excluding tert-OH is 1. The van der Waals surface area contributed by atoms with E-state index in [1.54, 1.807) is 18.2 Å². The molecule has 0 saturated carbocycles. The maximum absolute atomic E-state index is 12.7. The summed E-state index contributed by atoms with van der Waals surface area (Å²) in [6.45, 7) is 1.79. The molecular formula is C30H36N4O7S. The van der Waals surface area contributed by atoms with Crippen LogP contribution in [0.2, 0.25) is 0 Å². The fourth-order valence-electron chi connectivity index (χ4n) is 4.90. The molecule has 0 unspecified atom stereocenters. The predicted molar refractivity (Wildman–Crippen MR) is 160 cm³/mol. The number of amides is 1. The predicted octanol–water partition coefficient (Wildman–Crippen LogP) is 2.48. The number of phenols is 1. The van der Waals surface area contributed by atoms with Crippen molar-refractivity contribution in [2.45, 2.75) is 37.5 Å². The molecule has 6 N–H and O–H groups in total. The molecule has 0 aromatic heterocycles. The van der Waals surface area contributed by atoms with Gasteiger partial charge in [-0.25, -0.2) is 13.2 Å². The number of benzene rings is 3. The Morgan fingerprint density at radius 2 is 1.67 bits per heavy atom. The number of nitrogens with zero attached hydrogens (tertiary/aromatic N) is 1. The largest absolute Gasteiger partial charge is 0.506 e. The third-order valence-corrected chi connectivity index (χ3v) is 7.77. The van der Waals surface area contributed by atoms with Crippen molar-refractivity contribution in [2.75, 3.05) is 35.5 Å². The molecule has 3 aromatic carbocycles. The Bertz CT molecular complexity index is 1480. The maximum atomic E-state index is 12.7. The van der Waals surface area contributed by atoms with E-state index in [0.717, 1.165) is 43.4 Å². The van der Waals surface area contributed by atoms with Crippen molar-refractivity contribution in [2.24, 2.45) is 0 Å². The summed E-state index contributed by atoms with van der Waals surface area (Å²) in [6.07, 6.45) is 1.93. The van der Waals surface area contributed by atoms with Crippen molar-refractivity contribution >= 4 is 33.3 Å². The number of aromatic hydroxyl groups is 1. The summed E-state index contributed by atoms with van der Waals surface area (Å²) in [5.41, 5.74) is 2.65. The van der Waals surface area contributed by atoms with Gasteiger partial charge in [0.05, 0.1) is 18.0 Å². The number of carboxylic acid groups (broad SMARTS) is 1. The number of aliphatic carboxylic acids is 1. The summed E-state index contributed by atoms with van der Waals surface area (Å²) in [5, 5.41) is 36.1. The molecule has 12 heteroatoms. The van der Waals surface area contributed by atoms with E-state index in [2.05, 4.69) is 20.3 Å². The Morgan fingerprint density at radius 1 is 1.00 bits per heavy atom. The molecule has 2 atom stereocenters. The minimum atomic E-state index is -3.58. The molecular weight excluding hydrogens is 560 g/mol. The van der Waals surface area contributed by atoms with Crippen LogP contribution in [0.3, 0.4) is 0 Å². The van der Waals surface area contributed by atoms with Crippen molar-refractivity contribution in [1.29, 1.82) is 0 Å². The van der Waals surface area contributed by atoms with Crippen LogP contribution in [0, 0.1) is 0 Å². The van der Waals surface area contributed by atoms with E-state index < -0.39 is 34.0 Å². The van der Waals surface area contributed by atoms with Crippen molar-refractivity contribution in [1.82, 2.24) is 10.6 Å². The van der Waals surface area contributed by atoms with Crippen molar-refractivity contribution in [3.63, 3.8) is 0 Å². The number of aliphatic hydroxyl groups is 1. The zero-order valence-corrected chi connectivity index (χ0v) is 24.0. The molecule has 1 fully saturated rings. The van der Waals surface area contributed by atoms with Gasteiger partial charge in [-0.15, -0.1) is 0 Å². The summed E-state index contributed by atoms with van der Waals surface area (Å²) < 4.78 is 25.3. The van der Waals surface area contributed by atoms with E-state index >= 15 is 0 Å². The minimum absolute atomic E-state index is 0.0137. The van der Waals surface area contributed by atoms with Gasteiger partial charge in [0.2, 0.25) is 10.0 Å². The number of nitrogens with one attached hydrogen (secondary N) is 3. The zero-order chi connectivity index (χ0) is 30.3. The number of hydrogen-bond acceptors (Lipinski definition) is 8. The number of carbonyl (C=O) groups is 2. The van der Waals surface area contributed by atoms with Crippen molar-refractivity contribution in [3.05, 3.63) is 89.5 Å².